The van der Waals surface area contributed by atoms with E-state index in [9.17, 15) is 0 Å². The Morgan fingerprint density at radius 3 is 1.50 bits per heavy atom. The zero-order valence-corrected chi connectivity index (χ0v) is 16.7. The first kappa shape index (κ1) is 26.1. The number of hydrogen-bond donors (Lipinski definition) is 0. The zero-order chi connectivity index (χ0) is 12.5. The summed E-state index contributed by atoms with van der Waals surface area (Å²) < 4.78 is 0. The first-order valence-electron chi connectivity index (χ1n) is 6.12. The monoisotopic (exact) mass is 362 g/mol. The summed E-state index contributed by atoms with van der Waals surface area (Å²) in [6, 6.07) is 21.3. The number of hydrogen-bond acceptors (Lipinski definition) is 0. The second-order valence-corrected chi connectivity index (χ2v) is 5.59. The van der Waals surface area contributed by atoms with Gasteiger partial charge in [0.05, 0.1) is 0 Å². The van der Waals surface area contributed by atoms with Crippen molar-refractivity contribution in [3.63, 3.8) is 0 Å². The number of benzene rings is 2. The van der Waals surface area contributed by atoms with Gasteiger partial charge in [0, 0.05) is 0 Å². The van der Waals surface area contributed by atoms with E-state index in [2.05, 4.69) is 72.8 Å². The molecular weight excluding hydrogens is 340 g/mol. The molecule has 2 aromatic rings. The molecule has 0 nitrogen and oxygen atoms in total. The maximum absolute atomic E-state index is 2.99. The molecule has 0 bridgehead atoms. The molecule has 2 radical (unpaired) electrons. The number of halogens is 1. The van der Waals surface area contributed by atoms with Crippen molar-refractivity contribution < 1.29 is 21.7 Å². The molecule has 0 saturated carbocycles. The van der Waals surface area contributed by atoms with Crippen molar-refractivity contribution in [2.45, 2.75) is 6.42 Å². The van der Waals surface area contributed by atoms with Gasteiger partial charge in [0.15, 0.2) is 0 Å². The molecule has 114 valence electrons. The number of allylic oxidation sites excluding steroid dienone is 4. The predicted molar refractivity (Wildman–Crippen MR) is 101 cm³/mol. The van der Waals surface area contributed by atoms with Gasteiger partial charge in [0.1, 0.15) is 9.52 Å². The van der Waals surface area contributed by atoms with Crippen molar-refractivity contribution in [2.75, 3.05) is 0 Å². The van der Waals surface area contributed by atoms with Gasteiger partial charge in [-0.2, -0.15) is 6.08 Å². The Morgan fingerprint density at radius 1 is 0.773 bits per heavy atom. The Kier molecular flexibility index (Phi) is 19.6. The summed E-state index contributed by atoms with van der Waals surface area (Å²) in [6.07, 6.45) is 10.0. The van der Waals surface area contributed by atoms with Gasteiger partial charge in [-0.05, 0) is 0 Å². The van der Waals surface area contributed by atoms with Gasteiger partial charge in [0.2, 0.25) is 0 Å². The second-order valence-electron chi connectivity index (χ2n) is 3.97. The fourth-order valence-electron chi connectivity index (χ4n) is 1.63. The molecule has 1 aliphatic carbocycles. The van der Waals surface area contributed by atoms with E-state index in [-0.39, 0.29) is 58.5 Å². The molecule has 3 rings (SSSR count). The number of rotatable bonds is 2. The third kappa shape index (κ3) is 10.8. The molecule has 2 aromatic carbocycles. The average Bonchev–Trinajstić information content (AvgIpc) is 3.00. The van der Waals surface area contributed by atoms with Crippen LogP contribution in [0.1, 0.15) is 6.42 Å². The third-order valence-electron chi connectivity index (χ3n) is 2.52. The minimum atomic E-state index is 0. The molecule has 0 saturated heterocycles. The maximum Gasteiger partial charge on any atom is 3.00 e. The molecule has 0 fully saturated rings. The van der Waals surface area contributed by atoms with E-state index < -0.39 is 0 Å². The average molecular weight is 363 g/mol. The SMILES string of the molecule is Cl.[C-]1=CC=CC1.[CH3-].[CH3-].[Ti+3].c1ccc([SiH]c2ccccc2)cc1. The van der Waals surface area contributed by atoms with Gasteiger partial charge in [-0.25, -0.2) is 12.2 Å². The van der Waals surface area contributed by atoms with E-state index in [1.807, 2.05) is 12.2 Å². The summed E-state index contributed by atoms with van der Waals surface area (Å²) in [5.74, 6) is 0. The maximum atomic E-state index is 2.99. The Balaban J connectivity index is -0.000000351. The molecular formula is C19H23ClSiTi. The van der Waals surface area contributed by atoms with Crippen LogP contribution in [0.4, 0.5) is 0 Å². The molecule has 0 heterocycles. The molecule has 22 heavy (non-hydrogen) atoms. The van der Waals surface area contributed by atoms with Crippen molar-refractivity contribution in [3.05, 3.63) is 99.8 Å². The molecule has 1 aliphatic rings. The summed E-state index contributed by atoms with van der Waals surface area (Å²) in [4.78, 5) is 0. The van der Waals surface area contributed by atoms with E-state index >= 15 is 0 Å². The standard InChI is InChI=1S/C12H11Si.C5H5.2CH3.ClH.Ti/c1-3-7-11(8-4-1)13-12-9-5-2-6-10-12;1-2-4-5-3-1;;;;/h1-10,13H;1-3H,4H2;2*1H3;1H;/q;3*-1;;+3. The fraction of sp³-hybridized carbons (Fsp3) is 0.0526. The van der Waals surface area contributed by atoms with Crippen molar-refractivity contribution >= 4 is 32.3 Å². The van der Waals surface area contributed by atoms with Crippen molar-refractivity contribution in [1.82, 2.24) is 0 Å². The summed E-state index contributed by atoms with van der Waals surface area (Å²) >= 11 is 0. The van der Waals surface area contributed by atoms with Crippen LogP contribution in [0.15, 0.2) is 78.9 Å². The Bertz CT molecular complexity index is 462. The molecule has 0 unspecified atom stereocenters. The zero-order valence-electron chi connectivity index (χ0n) is 13.2. The van der Waals surface area contributed by atoms with Gasteiger partial charge in [-0.1, -0.05) is 71.0 Å². The largest absolute Gasteiger partial charge is 3.00 e. The predicted octanol–water partition coefficient (Wildman–Crippen LogP) is 3.70. The van der Waals surface area contributed by atoms with Crippen LogP contribution in [0, 0.1) is 20.9 Å². The molecule has 0 spiro atoms. The summed E-state index contributed by atoms with van der Waals surface area (Å²) in [6.45, 7) is 0. The normalized spacial score (nSPS) is 9.82. The van der Waals surface area contributed by atoms with Crippen LogP contribution < -0.4 is 10.4 Å². The topological polar surface area (TPSA) is 0 Å². The van der Waals surface area contributed by atoms with Crippen molar-refractivity contribution in [1.29, 1.82) is 0 Å². The van der Waals surface area contributed by atoms with Gasteiger partial charge < -0.3 is 14.9 Å². The van der Waals surface area contributed by atoms with Gasteiger partial charge in [0.25, 0.3) is 0 Å². The second kappa shape index (κ2) is 16.5. The van der Waals surface area contributed by atoms with E-state index in [4.69, 9.17) is 0 Å². The van der Waals surface area contributed by atoms with Gasteiger partial charge in [-0.3, -0.25) is 6.08 Å². The van der Waals surface area contributed by atoms with E-state index in [0.717, 1.165) is 6.42 Å². The molecule has 0 N–H and O–H groups in total. The Morgan fingerprint density at radius 2 is 1.23 bits per heavy atom. The van der Waals surface area contributed by atoms with Crippen LogP contribution in [0.2, 0.25) is 0 Å². The van der Waals surface area contributed by atoms with Crippen molar-refractivity contribution in [2.24, 2.45) is 0 Å². The summed E-state index contributed by atoms with van der Waals surface area (Å²) in [5.41, 5.74) is 0. The quantitative estimate of drug-likeness (QED) is 0.564. The molecule has 0 aromatic heterocycles. The fourth-order valence-corrected chi connectivity index (χ4v) is 2.85. The van der Waals surface area contributed by atoms with Crippen LogP contribution in [0.3, 0.4) is 0 Å². The van der Waals surface area contributed by atoms with Crippen LogP contribution >= 0.6 is 12.4 Å². The van der Waals surface area contributed by atoms with E-state index in [1.165, 1.54) is 10.4 Å². The Labute approximate surface area is 159 Å². The minimum absolute atomic E-state index is 0. The summed E-state index contributed by atoms with van der Waals surface area (Å²) in [5, 5.41) is 2.90. The van der Waals surface area contributed by atoms with Crippen LogP contribution in [0.25, 0.3) is 0 Å². The van der Waals surface area contributed by atoms with Crippen LogP contribution in [-0.2, 0) is 21.7 Å². The van der Waals surface area contributed by atoms with Crippen LogP contribution in [-0.4, -0.2) is 9.52 Å². The van der Waals surface area contributed by atoms with E-state index in [0.29, 0.717) is 0 Å². The Hall–Kier alpha value is -0.859. The third-order valence-corrected chi connectivity index (χ3v) is 3.95. The molecule has 0 amide bonds. The van der Waals surface area contributed by atoms with Gasteiger partial charge in [-0.15, -0.1) is 18.8 Å². The van der Waals surface area contributed by atoms with Crippen molar-refractivity contribution in [3.8, 4) is 0 Å². The first-order chi connectivity index (χ1) is 8.95. The van der Waals surface area contributed by atoms with Gasteiger partial charge >= 0.3 is 21.7 Å². The molecule has 3 heteroatoms. The molecule has 0 aliphatic heterocycles. The minimum Gasteiger partial charge on any atom is -0.358 e. The molecule has 0 atom stereocenters. The first-order valence-corrected chi connectivity index (χ1v) is 7.27. The van der Waals surface area contributed by atoms with Crippen LogP contribution in [0.5, 0.6) is 0 Å². The smallest absolute Gasteiger partial charge is 0.358 e. The van der Waals surface area contributed by atoms with E-state index in [1.54, 1.807) is 0 Å². The summed E-state index contributed by atoms with van der Waals surface area (Å²) in [7, 11) is 0.271.